The molecule has 136 valence electrons. The van der Waals surface area contributed by atoms with E-state index in [1.807, 2.05) is 0 Å². The van der Waals surface area contributed by atoms with Crippen LogP contribution in [0, 0.1) is 11.3 Å². The van der Waals surface area contributed by atoms with Crippen molar-refractivity contribution in [3.8, 4) is 6.07 Å². The molecule has 0 radical (unpaired) electrons. The van der Waals surface area contributed by atoms with E-state index in [0.29, 0.717) is 12.8 Å². The minimum Gasteiger partial charge on any atom is -0.380 e. The highest BCUT2D eigenvalue weighted by Gasteiger charge is 2.69. The number of nitrogens with zero attached hydrogens (tertiary/aromatic N) is 2. The third kappa shape index (κ3) is 2.95. The molecule has 2 aliphatic rings. The van der Waals surface area contributed by atoms with E-state index in [-0.39, 0.29) is 13.1 Å². The summed E-state index contributed by atoms with van der Waals surface area (Å²) in [5.41, 5.74) is -9.55. The van der Waals surface area contributed by atoms with E-state index in [2.05, 4.69) is 0 Å². The van der Waals surface area contributed by atoms with Crippen LogP contribution in [0.2, 0.25) is 0 Å². The molecule has 0 amide bonds. The van der Waals surface area contributed by atoms with Crippen molar-refractivity contribution in [3.05, 3.63) is 11.3 Å². The number of likely N-dealkylation sites (tertiary alicyclic amines) is 1. The maximum Gasteiger partial charge on any atom is 0.422 e. The van der Waals surface area contributed by atoms with Gasteiger partial charge in [0.15, 0.2) is 11.2 Å². The van der Waals surface area contributed by atoms with E-state index in [4.69, 9.17) is 5.26 Å². The van der Waals surface area contributed by atoms with Gasteiger partial charge in [0.2, 0.25) is 0 Å². The van der Waals surface area contributed by atoms with Crippen molar-refractivity contribution >= 4 is 0 Å². The summed E-state index contributed by atoms with van der Waals surface area (Å²) in [6.07, 6.45) is -12.3. The predicted octanol–water partition coefficient (Wildman–Crippen LogP) is 2.63. The zero-order chi connectivity index (χ0) is 18.4. The van der Waals surface area contributed by atoms with Gasteiger partial charge >= 0.3 is 12.4 Å². The molecule has 0 aromatic rings. The number of halogens is 6. The van der Waals surface area contributed by atoms with Crippen molar-refractivity contribution in [1.29, 1.82) is 5.26 Å². The van der Waals surface area contributed by atoms with Crippen LogP contribution < -0.4 is 0 Å². The molecule has 1 aliphatic carbocycles. The molecule has 1 saturated heterocycles. The second-order valence-electron chi connectivity index (χ2n) is 6.22. The van der Waals surface area contributed by atoms with Gasteiger partial charge in [-0.25, -0.2) is 0 Å². The first-order valence-electron chi connectivity index (χ1n) is 7.32. The van der Waals surface area contributed by atoms with Crippen molar-refractivity contribution < 1.29 is 36.6 Å². The quantitative estimate of drug-likeness (QED) is 0.707. The van der Waals surface area contributed by atoms with E-state index >= 15 is 0 Å². The number of alkyl halides is 6. The number of piperidine rings is 1. The summed E-state index contributed by atoms with van der Waals surface area (Å²) in [6, 6.07) is 1.23. The highest BCUT2D eigenvalue weighted by molar-refractivity contribution is 5.42. The predicted molar refractivity (Wildman–Crippen MR) is 69.3 cm³/mol. The molecule has 0 aromatic heterocycles. The van der Waals surface area contributed by atoms with Crippen molar-refractivity contribution in [2.45, 2.75) is 55.7 Å². The minimum absolute atomic E-state index is 0.169. The number of rotatable bonds is 1. The van der Waals surface area contributed by atoms with Gasteiger partial charge in [0.05, 0.1) is 11.6 Å². The van der Waals surface area contributed by atoms with Crippen LogP contribution in [0.5, 0.6) is 0 Å². The number of nitriles is 1. The molecular weight excluding hydrogens is 342 g/mol. The minimum atomic E-state index is -5.53. The number of hydrogen-bond donors (Lipinski definition) is 2. The Kier molecular flexibility index (Phi) is 4.56. The number of aliphatic hydroxyl groups is 2. The van der Waals surface area contributed by atoms with Gasteiger partial charge in [0, 0.05) is 31.6 Å². The van der Waals surface area contributed by atoms with E-state index in [1.165, 1.54) is 11.0 Å². The van der Waals surface area contributed by atoms with E-state index < -0.39 is 47.7 Å². The highest BCUT2D eigenvalue weighted by Crippen LogP contribution is 2.53. The monoisotopic (exact) mass is 358 g/mol. The van der Waals surface area contributed by atoms with Crippen LogP contribution in [-0.2, 0) is 0 Å². The Balaban J connectivity index is 2.63. The molecular formula is C14H16F6N2O2. The summed E-state index contributed by atoms with van der Waals surface area (Å²) < 4.78 is 79.4. The Morgan fingerprint density at radius 1 is 0.958 bits per heavy atom. The summed E-state index contributed by atoms with van der Waals surface area (Å²) in [5.74, 6) is 0. The van der Waals surface area contributed by atoms with Crippen LogP contribution in [-0.4, -0.2) is 51.8 Å². The molecule has 0 spiro atoms. The molecule has 1 aliphatic heterocycles. The zero-order valence-electron chi connectivity index (χ0n) is 12.5. The molecule has 1 fully saturated rings. The average Bonchev–Trinajstić information content (AvgIpc) is 2.45. The second kappa shape index (κ2) is 5.81. The third-order valence-electron chi connectivity index (χ3n) is 4.56. The van der Waals surface area contributed by atoms with Crippen LogP contribution in [0.3, 0.4) is 0 Å². The standard InChI is InChI=1S/C14H16F6N2O2/c15-13(16,17)11(23)6-10(22-4-2-1-3-5-22)9(7-21)12(24,8-11)14(18,19)20/h23-24H,1-6,8H2/t11-,12-/m0/s1. The van der Waals surface area contributed by atoms with Crippen molar-refractivity contribution in [1.82, 2.24) is 4.90 Å². The smallest absolute Gasteiger partial charge is 0.380 e. The van der Waals surface area contributed by atoms with E-state index in [9.17, 15) is 36.6 Å². The Hall–Kier alpha value is -1.47. The Labute approximate surface area is 134 Å². The average molecular weight is 358 g/mol. The fraction of sp³-hybridized carbons (Fsp3) is 0.786. The second-order valence-corrected chi connectivity index (χ2v) is 6.22. The van der Waals surface area contributed by atoms with Crippen LogP contribution in [0.1, 0.15) is 32.1 Å². The Morgan fingerprint density at radius 3 is 1.92 bits per heavy atom. The first-order valence-corrected chi connectivity index (χ1v) is 7.32. The molecule has 0 aromatic carbocycles. The normalized spacial score (nSPS) is 32.7. The topological polar surface area (TPSA) is 67.5 Å². The molecule has 0 saturated carbocycles. The van der Waals surface area contributed by atoms with Crippen LogP contribution in [0.25, 0.3) is 0 Å². The molecule has 0 unspecified atom stereocenters. The van der Waals surface area contributed by atoms with Gasteiger partial charge in [-0.05, 0) is 19.3 Å². The molecule has 2 N–H and O–H groups in total. The van der Waals surface area contributed by atoms with Crippen LogP contribution in [0.15, 0.2) is 11.3 Å². The van der Waals surface area contributed by atoms with Gasteiger partial charge in [-0.1, -0.05) is 0 Å². The Morgan fingerprint density at radius 2 is 1.50 bits per heavy atom. The lowest BCUT2D eigenvalue weighted by Crippen LogP contribution is -2.61. The van der Waals surface area contributed by atoms with Gasteiger partial charge in [-0.15, -0.1) is 0 Å². The molecule has 10 heteroatoms. The van der Waals surface area contributed by atoms with Gasteiger partial charge in [0.1, 0.15) is 0 Å². The highest BCUT2D eigenvalue weighted by atomic mass is 19.4. The van der Waals surface area contributed by atoms with Crippen LogP contribution >= 0.6 is 0 Å². The summed E-state index contributed by atoms with van der Waals surface area (Å²) in [4.78, 5) is 1.23. The van der Waals surface area contributed by atoms with E-state index in [0.717, 1.165) is 6.42 Å². The summed E-state index contributed by atoms with van der Waals surface area (Å²) in [6.45, 7) is 0.338. The number of hydrogen-bond acceptors (Lipinski definition) is 4. The molecule has 1 heterocycles. The lowest BCUT2D eigenvalue weighted by Gasteiger charge is -2.46. The summed E-state index contributed by atoms with van der Waals surface area (Å²) in [7, 11) is 0. The molecule has 0 bridgehead atoms. The largest absolute Gasteiger partial charge is 0.422 e. The van der Waals surface area contributed by atoms with Crippen LogP contribution in [0.4, 0.5) is 26.3 Å². The van der Waals surface area contributed by atoms with Crippen molar-refractivity contribution in [2.75, 3.05) is 13.1 Å². The maximum atomic E-state index is 13.3. The lowest BCUT2D eigenvalue weighted by molar-refractivity contribution is -0.311. The van der Waals surface area contributed by atoms with Gasteiger partial charge in [-0.2, -0.15) is 31.6 Å². The molecule has 4 nitrogen and oxygen atoms in total. The maximum absolute atomic E-state index is 13.3. The van der Waals surface area contributed by atoms with Crippen molar-refractivity contribution in [3.63, 3.8) is 0 Å². The van der Waals surface area contributed by atoms with Gasteiger partial charge < -0.3 is 15.1 Å². The van der Waals surface area contributed by atoms with Gasteiger partial charge in [-0.3, -0.25) is 0 Å². The van der Waals surface area contributed by atoms with E-state index in [1.54, 1.807) is 0 Å². The molecule has 2 atom stereocenters. The first-order chi connectivity index (χ1) is 10.9. The fourth-order valence-corrected chi connectivity index (χ4v) is 3.21. The SMILES string of the molecule is N#CC1=C(N2CCCCC2)C[C@@](O)(C(F)(F)F)C[C@@]1(O)C(F)(F)F. The third-order valence-corrected chi connectivity index (χ3v) is 4.56. The Bertz CT molecular complexity index is 573. The molecule has 2 rings (SSSR count). The zero-order valence-corrected chi connectivity index (χ0v) is 12.5. The van der Waals surface area contributed by atoms with Gasteiger partial charge in [0.25, 0.3) is 0 Å². The lowest BCUT2D eigenvalue weighted by atomic mass is 9.72. The van der Waals surface area contributed by atoms with Crippen molar-refractivity contribution in [2.24, 2.45) is 0 Å². The fourth-order valence-electron chi connectivity index (χ4n) is 3.21. The summed E-state index contributed by atoms with van der Waals surface area (Å²) in [5, 5.41) is 28.9. The molecule has 24 heavy (non-hydrogen) atoms. The first kappa shape index (κ1) is 18.9. The summed E-state index contributed by atoms with van der Waals surface area (Å²) >= 11 is 0.